The van der Waals surface area contributed by atoms with Gasteiger partial charge >= 0.3 is 0 Å². The van der Waals surface area contributed by atoms with Crippen LogP contribution in [0.3, 0.4) is 0 Å². The van der Waals surface area contributed by atoms with E-state index in [1.54, 1.807) is 0 Å². The first-order chi connectivity index (χ1) is 17.2. The van der Waals surface area contributed by atoms with Gasteiger partial charge in [0.1, 0.15) is 0 Å². The maximum absolute atomic E-state index is 12.2. The fourth-order valence-corrected chi connectivity index (χ4v) is 5.16. The summed E-state index contributed by atoms with van der Waals surface area (Å²) in [4.78, 5) is 7.72. The zero-order chi connectivity index (χ0) is 31.7. The van der Waals surface area contributed by atoms with Gasteiger partial charge in [0.15, 0.2) is 0 Å². The van der Waals surface area contributed by atoms with Crippen molar-refractivity contribution in [2.24, 2.45) is 27.7 Å². The second-order valence-corrected chi connectivity index (χ2v) is 17.3. The molecule has 0 aliphatic heterocycles. The third kappa shape index (κ3) is 13.1. The number of hydrogen-bond donors (Lipinski definition) is 0. The summed E-state index contributed by atoms with van der Waals surface area (Å²) in [6.07, 6.45) is 1.85. The molecule has 14 heteroatoms. The van der Waals surface area contributed by atoms with Gasteiger partial charge in [0, 0.05) is 83.1 Å². The number of guanidine groups is 1. The maximum atomic E-state index is 12.2. The second-order valence-electron chi connectivity index (χ2n) is 12.8. The van der Waals surface area contributed by atoms with Gasteiger partial charge in [-0.3, -0.25) is 0 Å². The van der Waals surface area contributed by atoms with Crippen LogP contribution < -0.4 is 0 Å². The van der Waals surface area contributed by atoms with Crippen molar-refractivity contribution < 1.29 is 16.8 Å². The average Bonchev–Trinajstić information content (AvgIpc) is 2.75. The van der Waals surface area contributed by atoms with Crippen molar-refractivity contribution in [3.63, 3.8) is 0 Å². The van der Waals surface area contributed by atoms with E-state index in [4.69, 9.17) is 5.26 Å². The third-order valence-corrected chi connectivity index (χ3v) is 10.5. The van der Waals surface area contributed by atoms with Crippen molar-refractivity contribution in [2.45, 2.75) is 48.5 Å². The molecule has 39 heavy (non-hydrogen) atoms. The molecule has 0 aromatic heterocycles. The van der Waals surface area contributed by atoms with Crippen LogP contribution in [0.15, 0.2) is 4.99 Å². The summed E-state index contributed by atoms with van der Waals surface area (Å²) in [5.74, 6) is 1.07. The molecular weight excluding hydrogens is 540 g/mol. The molecule has 12 nitrogen and oxygen atoms in total. The van der Waals surface area contributed by atoms with Gasteiger partial charge in [0.2, 0.25) is 12.2 Å². The van der Waals surface area contributed by atoms with E-state index in [0.29, 0.717) is 11.9 Å². The van der Waals surface area contributed by atoms with E-state index < -0.39 is 20.4 Å². The highest BCUT2D eigenvalue weighted by Crippen LogP contribution is 2.29. The zero-order valence-electron chi connectivity index (χ0n) is 27.3. The number of rotatable bonds is 10. The Morgan fingerprint density at radius 1 is 0.718 bits per heavy atom. The Kier molecular flexibility index (Phi) is 15.7. The lowest BCUT2D eigenvalue weighted by molar-refractivity contribution is 0.176. The SMILES string of the molecule is CC(CN(C)C(=NC#N)N(C)C)C(C)(C)C.CN(C)S(=O)(=O)N(C)CC(CN(C)S(=O)(=O)N(C)C)C(C)(C)C. The fourth-order valence-electron chi connectivity index (χ4n) is 3.31. The summed E-state index contributed by atoms with van der Waals surface area (Å²) < 4.78 is 53.6. The van der Waals surface area contributed by atoms with Gasteiger partial charge in [-0.15, -0.1) is 4.99 Å². The van der Waals surface area contributed by atoms with Crippen LogP contribution in [-0.4, -0.2) is 133 Å². The molecule has 0 saturated heterocycles. The Morgan fingerprint density at radius 2 is 1.08 bits per heavy atom. The monoisotopic (exact) mass is 596 g/mol. The molecule has 0 aliphatic rings. The summed E-state index contributed by atoms with van der Waals surface area (Å²) in [5, 5.41) is 8.64. The molecule has 1 unspecified atom stereocenters. The van der Waals surface area contributed by atoms with Crippen LogP contribution in [-0.2, 0) is 20.4 Å². The lowest BCUT2D eigenvalue weighted by Gasteiger charge is -2.37. The molecule has 0 spiro atoms. The standard InChI is InChI=1S/C13H32N4O4S2.C12H24N4/c1-13(2,3)12(10-16(8)22(18,19)14(4)5)11-17(9)23(20,21)15(6)7;1-10(12(2,3)4)8-16(7)11(14-9-13)15(5)6/h12H,10-11H2,1-9H3;10H,8H2,1-7H3. The van der Waals surface area contributed by atoms with E-state index in [0.717, 1.165) is 15.2 Å². The maximum Gasteiger partial charge on any atom is 0.281 e. The number of nitrogens with zero attached hydrogens (tertiary/aromatic N) is 8. The van der Waals surface area contributed by atoms with Crippen molar-refractivity contribution in [1.29, 1.82) is 5.26 Å². The Balaban J connectivity index is 0. The topological polar surface area (TPSA) is 124 Å². The quantitative estimate of drug-likeness (QED) is 0.215. The Morgan fingerprint density at radius 3 is 1.31 bits per heavy atom. The van der Waals surface area contributed by atoms with Crippen LogP contribution in [0.25, 0.3) is 0 Å². The molecule has 0 aromatic carbocycles. The number of nitriles is 1. The number of aliphatic imine (C=N–C) groups is 1. The van der Waals surface area contributed by atoms with Crippen LogP contribution >= 0.6 is 0 Å². The molecule has 0 aromatic rings. The van der Waals surface area contributed by atoms with Crippen molar-refractivity contribution in [2.75, 3.05) is 83.1 Å². The Hall–Kier alpha value is -1.50. The van der Waals surface area contributed by atoms with Gasteiger partial charge in [-0.2, -0.15) is 39.3 Å². The van der Waals surface area contributed by atoms with E-state index in [9.17, 15) is 16.8 Å². The predicted molar refractivity (Wildman–Crippen MR) is 161 cm³/mol. The summed E-state index contributed by atoms with van der Waals surface area (Å²) in [6, 6.07) is 0. The van der Waals surface area contributed by atoms with Gasteiger partial charge in [0.25, 0.3) is 20.4 Å². The van der Waals surface area contributed by atoms with E-state index >= 15 is 0 Å². The molecule has 1 atom stereocenters. The van der Waals surface area contributed by atoms with Crippen molar-refractivity contribution in [1.82, 2.24) is 27.0 Å². The van der Waals surface area contributed by atoms with E-state index in [1.807, 2.05) is 57.9 Å². The average molecular weight is 597 g/mol. The van der Waals surface area contributed by atoms with Crippen molar-refractivity contribution in [3.8, 4) is 6.19 Å². The van der Waals surface area contributed by atoms with Crippen molar-refractivity contribution in [3.05, 3.63) is 0 Å². The normalized spacial score (nSPS) is 14.5. The smallest absolute Gasteiger partial charge is 0.281 e. The Labute approximate surface area is 240 Å². The molecule has 232 valence electrons. The second kappa shape index (κ2) is 15.5. The summed E-state index contributed by atoms with van der Waals surface area (Å²) in [6.45, 7) is 16.2. The van der Waals surface area contributed by atoms with E-state index in [-0.39, 0.29) is 29.8 Å². The van der Waals surface area contributed by atoms with Crippen LogP contribution in [0.2, 0.25) is 0 Å². The summed E-state index contributed by atoms with van der Waals surface area (Å²) in [5.41, 5.74) is 0.00448. The molecule has 0 heterocycles. The highest BCUT2D eigenvalue weighted by Gasteiger charge is 2.34. The van der Waals surface area contributed by atoms with E-state index in [1.165, 1.54) is 50.9 Å². The lowest BCUT2D eigenvalue weighted by Crippen LogP contribution is -2.47. The molecule has 0 rings (SSSR count). The molecule has 0 radical (unpaired) electrons. The first-order valence-electron chi connectivity index (χ1n) is 12.9. The predicted octanol–water partition coefficient (Wildman–Crippen LogP) is 2.12. The van der Waals surface area contributed by atoms with Gasteiger partial charge in [0.05, 0.1) is 0 Å². The van der Waals surface area contributed by atoms with Gasteiger partial charge in [-0.25, -0.2) is 0 Å². The minimum atomic E-state index is -3.53. The van der Waals surface area contributed by atoms with Crippen LogP contribution in [0.1, 0.15) is 48.5 Å². The minimum Gasteiger partial charge on any atom is -0.348 e. The summed E-state index contributed by atoms with van der Waals surface area (Å²) in [7, 11) is 7.61. The zero-order valence-corrected chi connectivity index (χ0v) is 28.9. The molecule has 0 fully saturated rings. The first kappa shape index (κ1) is 39.6. The highest BCUT2D eigenvalue weighted by atomic mass is 32.2. The van der Waals surface area contributed by atoms with Crippen LogP contribution in [0.4, 0.5) is 0 Å². The molecular formula is C25H56N8O4S2. The molecule has 0 aliphatic carbocycles. The van der Waals surface area contributed by atoms with Gasteiger partial charge < -0.3 is 9.80 Å². The van der Waals surface area contributed by atoms with Crippen LogP contribution in [0.5, 0.6) is 0 Å². The van der Waals surface area contributed by atoms with Crippen LogP contribution in [0, 0.1) is 34.1 Å². The molecule has 0 saturated carbocycles. The molecule has 0 bridgehead atoms. The Bertz CT molecular complexity index is 976. The van der Waals surface area contributed by atoms with Gasteiger partial charge in [-0.1, -0.05) is 48.5 Å². The fraction of sp³-hybridized carbons (Fsp3) is 0.920. The largest absolute Gasteiger partial charge is 0.348 e. The first-order valence-corrected chi connectivity index (χ1v) is 15.7. The van der Waals surface area contributed by atoms with E-state index in [2.05, 4.69) is 32.7 Å². The summed E-state index contributed by atoms with van der Waals surface area (Å²) >= 11 is 0. The highest BCUT2D eigenvalue weighted by molar-refractivity contribution is 7.87. The number of hydrogen-bond acceptors (Lipinski definition) is 6. The molecule has 0 amide bonds. The van der Waals surface area contributed by atoms with Crippen molar-refractivity contribution >= 4 is 26.4 Å². The lowest BCUT2D eigenvalue weighted by atomic mass is 9.80. The molecule has 0 N–H and O–H groups in total. The third-order valence-electron chi connectivity index (χ3n) is 6.81. The minimum absolute atomic E-state index is 0.165. The van der Waals surface area contributed by atoms with Gasteiger partial charge in [-0.05, 0) is 22.7 Å².